The average Bonchev–Trinajstić information content (AvgIpc) is 2.31. The molecule has 0 amide bonds. The standard InChI is InChI=1S/C8H15NO2/c1-5-3-6(4-7(5)9)8(10)11-2/h5-7H,3-4,9H2,1-2H3. The molecule has 0 radical (unpaired) electrons. The van der Waals surface area contributed by atoms with Gasteiger partial charge in [0.1, 0.15) is 0 Å². The summed E-state index contributed by atoms with van der Waals surface area (Å²) in [6, 6.07) is 0.180. The molecule has 0 aromatic carbocycles. The van der Waals surface area contributed by atoms with Crippen LogP contribution in [0.2, 0.25) is 0 Å². The number of hydrogen-bond acceptors (Lipinski definition) is 3. The number of rotatable bonds is 1. The molecule has 3 nitrogen and oxygen atoms in total. The van der Waals surface area contributed by atoms with Crippen molar-refractivity contribution in [2.75, 3.05) is 7.11 Å². The van der Waals surface area contributed by atoms with Crippen molar-refractivity contribution < 1.29 is 9.53 Å². The molecule has 0 spiro atoms. The fourth-order valence-corrected chi connectivity index (χ4v) is 1.64. The normalized spacial score (nSPS) is 37.2. The van der Waals surface area contributed by atoms with Crippen LogP contribution in [0.3, 0.4) is 0 Å². The molecule has 1 saturated carbocycles. The molecule has 64 valence electrons. The highest BCUT2D eigenvalue weighted by Gasteiger charge is 2.33. The van der Waals surface area contributed by atoms with Gasteiger partial charge in [-0.05, 0) is 18.8 Å². The highest BCUT2D eigenvalue weighted by Crippen LogP contribution is 2.30. The fraction of sp³-hybridized carbons (Fsp3) is 0.875. The Hall–Kier alpha value is -0.570. The van der Waals surface area contributed by atoms with Crippen molar-refractivity contribution in [3.8, 4) is 0 Å². The van der Waals surface area contributed by atoms with Crippen LogP contribution in [-0.4, -0.2) is 19.1 Å². The lowest BCUT2D eigenvalue weighted by Gasteiger charge is -2.05. The molecule has 0 saturated heterocycles. The van der Waals surface area contributed by atoms with E-state index in [-0.39, 0.29) is 17.9 Å². The van der Waals surface area contributed by atoms with E-state index in [1.54, 1.807) is 0 Å². The maximum Gasteiger partial charge on any atom is 0.308 e. The Labute approximate surface area is 66.9 Å². The molecule has 3 heteroatoms. The van der Waals surface area contributed by atoms with Crippen LogP contribution in [-0.2, 0) is 9.53 Å². The summed E-state index contributed by atoms with van der Waals surface area (Å²) in [7, 11) is 1.43. The van der Waals surface area contributed by atoms with Crippen molar-refractivity contribution in [1.82, 2.24) is 0 Å². The molecule has 0 aromatic rings. The number of carbonyl (C=O) groups is 1. The van der Waals surface area contributed by atoms with E-state index >= 15 is 0 Å². The molecule has 0 heterocycles. The van der Waals surface area contributed by atoms with Gasteiger partial charge in [-0.1, -0.05) is 6.92 Å². The Balaban J connectivity index is 2.46. The summed E-state index contributed by atoms with van der Waals surface area (Å²) >= 11 is 0. The van der Waals surface area contributed by atoms with Crippen LogP contribution >= 0.6 is 0 Å². The highest BCUT2D eigenvalue weighted by atomic mass is 16.5. The van der Waals surface area contributed by atoms with Gasteiger partial charge in [-0.25, -0.2) is 0 Å². The van der Waals surface area contributed by atoms with Gasteiger partial charge in [-0.15, -0.1) is 0 Å². The Kier molecular flexibility index (Phi) is 2.49. The van der Waals surface area contributed by atoms with Gasteiger partial charge >= 0.3 is 5.97 Å². The summed E-state index contributed by atoms with van der Waals surface area (Å²) in [5.74, 6) is 0.397. The number of ether oxygens (including phenoxy) is 1. The first-order valence-corrected chi connectivity index (χ1v) is 3.98. The smallest absolute Gasteiger partial charge is 0.308 e. The largest absolute Gasteiger partial charge is 0.469 e. The first-order valence-electron chi connectivity index (χ1n) is 3.98. The number of nitrogens with two attached hydrogens (primary N) is 1. The minimum atomic E-state index is -0.107. The van der Waals surface area contributed by atoms with Crippen molar-refractivity contribution in [2.24, 2.45) is 17.6 Å². The molecular formula is C8H15NO2. The van der Waals surface area contributed by atoms with Crippen LogP contribution in [0.25, 0.3) is 0 Å². The minimum Gasteiger partial charge on any atom is -0.469 e. The van der Waals surface area contributed by atoms with Crippen LogP contribution in [0.1, 0.15) is 19.8 Å². The van der Waals surface area contributed by atoms with Gasteiger partial charge in [-0.2, -0.15) is 0 Å². The third-order valence-electron chi connectivity index (χ3n) is 2.48. The van der Waals surface area contributed by atoms with Gasteiger partial charge in [-0.3, -0.25) is 4.79 Å². The molecule has 1 fully saturated rings. The lowest BCUT2D eigenvalue weighted by Crippen LogP contribution is -2.22. The Morgan fingerprint density at radius 3 is 2.55 bits per heavy atom. The van der Waals surface area contributed by atoms with Crippen LogP contribution in [0, 0.1) is 11.8 Å². The minimum absolute atomic E-state index is 0.0463. The monoisotopic (exact) mass is 157 g/mol. The van der Waals surface area contributed by atoms with E-state index in [1.165, 1.54) is 7.11 Å². The molecule has 11 heavy (non-hydrogen) atoms. The SMILES string of the molecule is COC(=O)C1CC(C)C(N)C1. The van der Waals surface area contributed by atoms with Gasteiger partial charge in [0.15, 0.2) is 0 Å². The first-order chi connectivity index (χ1) is 5.15. The number of hydrogen-bond donors (Lipinski definition) is 1. The summed E-state index contributed by atoms with van der Waals surface area (Å²) in [5.41, 5.74) is 5.75. The average molecular weight is 157 g/mol. The molecule has 1 rings (SSSR count). The molecule has 0 aromatic heterocycles. The Bertz CT molecular complexity index is 148. The van der Waals surface area contributed by atoms with Gasteiger partial charge in [0.25, 0.3) is 0 Å². The van der Waals surface area contributed by atoms with Crippen LogP contribution in [0.5, 0.6) is 0 Å². The summed E-state index contributed by atoms with van der Waals surface area (Å²) in [4.78, 5) is 11.0. The van der Waals surface area contributed by atoms with Crippen molar-refractivity contribution in [1.29, 1.82) is 0 Å². The second-order valence-electron chi connectivity index (χ2n) is 3.33. The van der Waals surface area contributed by atoms with Crippen molar-refractivity contribution in [3.63, 3.8) is 0 Å². The molecule has 3 atom stereocenters. The predicted octanol–water partition coefficient (Wildman–Crippen LogP) is 0.533. The zero-order chi connectivity index (χ0) is 8.43. The van der Waals surface area contributed by atoms with Crippen LogP contribution < -0.4 is 5.73 Å². The Morgan fingerprint density at radius 2 is 2.18 bits per heavy atom. The zero-order valence-electron chi connectivity index (χ0n) is 7.04. The van der Waals surface area contributed by atoms with E-state index < -0.39 is 0 Å². The molecule has 1 aliphatic carbocycles. The van der Waals surface area contributed by atoms with Crippen LogP contribution in [0.4, 0.5) is 0 Å². The highest BCUT2D eigenvalue weighted by molar-refractivity contribution is 5.72. The molecule has 0 bridgehead atoms. The lowest BCUT2D eigenvalue weighted by atomic mass is 10.1. The van der Waals surface area contributed by atoms with Crippen molar-refractivity contribution in [2.45, 2.75) is 25.8 Å². The van der Waals surface area contributed by atoms with Gasteiger partial charge in [0.2, 0.25) is 0 Å². The van der Waals surface area contributed by atoms with Gasteiger partial charge in [0, 0.05) is 6.04 Å². The van der Waals surface area contributed by atoms with Crippen molar-refractivity contribution >= 4 is 5.97 Å². The third kappa shape index (κ3) is 1.71. The number of carbonyl (C=O) groups excluding carboxylic acids is 1. The van der Waals surface area contributed by atoms with Gasteiger partial charge < -0.3 is 10.5 Å². The molecule has 3 unspecified atom stereocenters. The van der Waals surface area contributed by atoms with E-state index in [0.29, 0.717) is 5.92 Å². The maximum absolute atomic E-state index is 11.0. The third-order valence-corrected chi connectivity index (χ3v) is 2.48. The molecule has 2 N–H and O–H groups in total. The summed E-state index contributed by atoms with van der Waals surface area (Å²) in [5, 5.41) is 0. The second kappa shape index (κ2) is 3.22. The second-order valence-corrected chi connectivity index (χ2v) is 3.33. The Morgan fingerprint density at radius 1 is 1.55 bits per heavy atom. The van der Waals surface area contributed by atoms with Crippen molar-refractivity contribution in [3.05, 3.63) is 0 Å². The number of methoxy groups -OCH3 is 1. The zero-order valence-corrected chi connectivity index (χ0v) is 7.04. The summed E-state index contributed by atoms with van der Waals surface area (Å²) < 4.78 is 4.64. The predicted molar refractivity (Wildman–Crippen MR) is 41.9 cm³/mol. The molecular weight excluding hydrogens is 142 g/mol. The van der Waals surface area contributed by atoms with E-state index in [1.807, 2.05) is 0 Å². The van der Waals surface area contributed by atoms with Crippen LogP contribution in [0.15, 0.2) is 0 Å². The molecule has 0 aliphatic heterocycles. The lowest BCUT2D eigenvalue weighted by molar-refractivity contribution is -0.145. The van der Waals surface area contributed by atoms with E-state index in [9.17, 15) is 4.79 Å². The topological polar surface area (TPSA) is 52.3 Å². The maximum atomic E-state index is 11.0. The summed E-state index contributed by atoms with van der Waals surface area (Å²) in [6.07, 6.45) is 1.67. The quantitative estimate of drug-likeness (QED) is 0.565. The fourth-order valence-electron chi connectivity index (χ4n) is 1.64. The first kappa shape index (κ1) is 8.53. The van der Waals surface area contributed by atoms with E-state index in [4.69, 9.17) is 5.73 Å². The van der Waals surface area contributed by atoms with Gasteiger partial charge in [0.05, 0.1) is 13.0 Å². The van der Waals surface area contributed by atoms with E-state index in [2.05, 4.69) is 11.7 Å². The number of esters is 1. The summed E-state index contributed by atoms with van der Waals surface area (Å²) in [6.45, 7) is 2.08. The van der Waals surface area contributed by atoms with E-state index in [0.717, 1.165) is 12.8 Å². The molecule has 1 aliphatic rings.